The highest BCUT2D eigenvalue weighted by Gasteiger charge is 2.44. The summed E-state index contributed by atoms with van der Waals surface area (Å²) in [7, 11) is 0. The van der Waals surface area contributed by atoms with E-state index in [1.807, 2.05) is 6.08 Å². The zero-order valence-corrected chi connectivity index (χ0v) is 56.4. The van der Waals surface area contributed by atoms with Crippen LogP contribution < -0.4 is 5.32 Å². The van der Waals surface area contributed by atoms with Crippen molar-refractivity contribution in [3.63, 3.8) is 0 Å². The number of unbranched alkanes of at least 4 members (excludes halogenated alkanes) is 53. The third-order valence-corrected chi connectivity index (χ3v) is 18.2. The SMILES string of the molecule is CCCCCCC/C=C\C/C=C\CCCCCCCCCCCCCCCCCCCCCCCCCCCCCCCC(=O)NC(COC1OC(CO)C(O)C(O)C1O)C(O)/C=C/CCCCCCCCCCCCCCCCCCCCC. The third kappa shape index (κ3) is 53.9. The quantitative estimate of drug-likeness (QED) is 0.0261. The molecule has 1 aliphatic rings. The van der Waals surface area contributed by atoms with Gasteiger partial charge in [-0.25, -0.2) is 0 Å². The minimum atomic E-state index is -1.57. The number of hydrogen-bond donors (Lipinski definition) is 6. The fraction of sp³-hybridized carbons (Fsp3) is 0.908. The van der Waals surface area contributed by atoms with Crippen LogP contribution in [0.5, 0.6) is 0 Å². The summed E-state index contributed by atoms with van der Waals surface area (Å²) in [6.07, 6.45) is 81.4. The average Bonchev–Trinajstić information content (AvgIpc) is 3.68. The molecule has 1 fully saturated rings. The van der Waals surface area contributed by atoms with Crippen LogP contribution in [-0.2, 0) is 14.3 Å². The summed E-state index contributed by atoms with van der Waals surface area (Å²) < 4.78 is 11.3. The third-order valence-electron chi connectivity index (χ3n) is 18.2. The molecular formula is C76H145NO8. The van der Waals surface area contributed by atoms with Crippen LogP contribution in [0.2, 0.25) is 0 Å². The number of ether oxygens (including phenoxy) is 2. The molecule has 0 radical (unpaired) electrons. The summed E-state index contributed by atoms with van der Waals surface area (Å²) in [6, 6.07) is -0.804. The van der Waals surface area contributed by atoms with Crippen molar-refractivity contribution in [3.8, 4) is 0 Å². The lowest BCUT2D eigenvalue weighted by Crippen LogP contribution is -2.60. The Morgan fingerprint density at radius 3 is 1.01 bits per heavy atom. The maximum Gasteiger partial charge on any atom is 0.220 e. The second-order valence-electron chi connectivity index (χ2n) is 26.4. The molecule has 0 aromatic carbocycles. The molecule has 0 aliphatic carbocycles. The van der Waals surface area contributed by atoms with Crippen LogP contribution in [0.3, 0.4) is 0 Å². The van der Waals surface area contributed by atoms with E-state index >= 15 is 0 Å². The van der Waals surface area contributed by atoms with Gasteiger partial charge in [-0.3, -0.25) is 4.79 Å². The fourth-order valence-corrected chi connectivity index (χ4v) is 12.3. The van der Waals surface area contributed by atoms with Crippen LogP contribution in [-0.4, -0.2) is 87.5 Å². The first kappa shape index (κ1) is 81.4. The van der Waals surface area contributed by atoms with E-state index < -0.39 is 49.5 Å². The summed E-state index contributed by atoms with van der Waals surface area (Å²) >= 11 is 0. The van der Waals surface area contributed by atoms with Gasteiger partial charge in [0.15, 0.2) is 6.29 Å². The lowest BCUT2D eigenvalue weighted by molar-refractivity contribution is -0.302. The van der Waals surface area contributed by atoms with Crippen LogP contribution in [0.4, 0.5) is 0 Å². The number of aliphatic hydroxyl groups excluding tert-OH is 5. The first-order valence-electron chi connectivity index (χ1n) is 37.7. The average molecular weight is 1200 g/mol. The highest BCUT2D eigenvalue weighted by molar-refractivity contribution is 5.76. The molecule has 0 spiro atoms. The predicted molar refractivity (Wildman–Crippen MR) is 364 cm³/mol. The highest BCUT2D eigenvalue weighted by Crippen LogP contribution is 2.24. The molecular weight excluding hydrogens is 1050 g/mol. The van der Waals surface area contributed by atoms with Gasteiger partial charge >= 0.3 is 0 Å². The number of carbonyl (C=O) groups excluding carboxylic acids is 1. The predicted octanol–water partition coefficient (Wildman–Crippen LogP) is 21.0. The standard InChI is InChI=1S/C76H145NO8/c1-3-5-7-9-11-13-15-17-19-21-23-25-26-27-28-29-30-31-32-33-34-35-36-37-38-39-40-41-42-43-44-46-48-50-52-54-56-58-60-62-64-66-72(80)77-69(68-84-76-75(83)74(82)73(81)71(67-78)85-76)70(79)65-63-61-59-57-55-53-51-49-47-45-24-22-20-18-16-14-12-10-8-6-4-2/h15,17,21,23,63,65,69-71,73-76,78-79,81-83H,3-14,16,18-20,22,24-62,64,66-68H2,1-2H3,(H,77,80)/b17-15-,23-21-,65-63+. The normalized spacial score (nSPS) is 18.2. The molecule has 502 valence electrons. The van der Waals surface area contributed by atoms with E-state index in [2.05, 4.69) is 43.5 Å². The van der Waals surface area contributed by atoms with E-state index in [9.17, 15) is 30.3 Å². The molecule has 0 aromatic rings. The van der Waals surface area contributed by atoms with Gasteiger partial charge in [-0.2, -0.15) is 0 Å². The molecule has 1 rings (SSSR count). The van der Waals surface area contributed by atoms with Crippen molar-refractivity contribution in [1.82, 2.24) is 5.32 Å². The van der Waals surface area contributed by atoms with Crippen LogP contribution in [0, 0.1) is 0 Å². The Bertz CT molecular complexity index is 1440. The van der Waals surface area contributed by atoms with E-state index in [-0.39, 0.29) is 12.5 Å². The van der Waals surface area contributed by atoms with Crippen molar-refractivity contribution in [1.29, 1.82) is 0 Å². The largest absolute Gasteiger partial charge is 0.394 e. The summed E-state index contributed by atoms with van der Waals surface area (Å²) in [6.45, 7) is 3.82. The molecule has 0 aromatic heterocycles. The first-order chi connectivity index (χ1) is 41.8. The van der Waals surface area contributed by atoms with Crippen molar-refractivity contribution < 1.29 is 39.8 Å². The second kappa shape index (κ2) is 65.4. The van der Waals surface area contributed by atoms with Gasteiger partial charge in [0.2, 0.25) is 5.91 Å². The van der Waals surface area contributed by atoms with Crippen molar-refractivity contribution in [2.45, 2.75) is 429 Å². The Balaban J connectivity index is 2.03. The zero-order chi connectivity index (χ0) is 61.4. The van der Waals surface area contributed by atoms with Crippen molar-refractivity contribution in [3.05, 3.63) is 36.5 Å². The van der Waals surface area contributed by atoms with E-state index in [0.717, 1.165) is 44.9 Å². The summed E-state index contributed by atoms with van der Waals surface area (Å²) in [5.41, 5.74) is 0. The van der Waals surface area contributed by atoms with E-state index in [4.69, 9.17) is 9.47 Å². The first-order valence-corrected chi connectivity index (χ1v) is 37.7. The number of amides is 1. The van der Waals surface area contributed by atoms with Gasteiger partial charge in [0.05, 0.1) is 25.4 Å². The molecule has 1 heterocycles. The molecule has 9 heteroatoms. The van der Waals surface area contributed by atoms with Gasteiger partial charge in [0.25, 0.3) is 0 Å². The van der Waals surface area contributed by atoms with Crippen LogP contribution in [0.15, 0.2) is 36.5 Å². The molecule has 1 aliphatic heterocycles. The molecule has 9 nitrogen and oxygen atoms in total. The number of hydrogen-bond acceptors (Lipinski definition) is 8. The van der Waals surface area contributed by atoms with E-state index in [1.54, 1.807) is 6.08 Å². The van der Waals surface area contributed by atoms with Gasteiger partial charge in [0.1, 0.15) is 24.4 Å². The Labute approximate surface area is 527 Å². The van der Waals surface area contributed by atoms with Gasteiger partial charge in [-0.05, 0) is 51.4 Å². The van der Waals surface area contributed by atoms with Crippen molar-refractivity contribution in [2.75, 3.05) is 13.2 Å². The molecule has 7 unspecified atom stereocenters. The number of nitrogens with one attached hydrogen (secondary N) is 1. The minimum absolute atomic E-state index is 0.168. The summed E-state index contributed by atoms with van der Waals surface area (Å²) in [5.74, 6) is -0.168. The molecule has 0 saturated carbocycles. The Morgan fingerprint density at radius 1 is 0.400 bits per heavy atom. The molecule has 6 N–H and O–H groups in total. The maximum absolute atomic E-state index is 13.1. The molecule has 1 amide bonds. The lowest BCUT2D eigenvalue weighted by Gasteiger charge is -2.40. The highest BCUT2D eigenvalue weighted by atomic mass is 16.7. The Morgan fingerprint density at radius 2 is 0.694 bits per heavy atom. The van der Waals surface area contributed by atoms with Crippen molar-refractivity contribution >= 4 is 5.91 Å². The Hall–Kier alpha value is -1.59. The van der Waals surface area contributed by atoms with E-state index in [1.165, 1.54) is 321 Å². The van der Waals surface area contributed by atoms with Crippen LogP contribution in [0.25, 0.3) is 0 Å². The van der Waals surface area contributed by atoms with Gasteiger partial charge in [-0.15, -0.1) is 0 Å². The number of aliphatic hydroxyl groups is 5. The molecule has 1 saturated heterocycles. The van der Waals surface area contributed by atoms with Crippen molar-refractivity contribution in [2.24, 2.45) is 0 Å². The zero-order valence-electron chi connectivity index (χ0n) is 56.4. The summed E-state index contributed by atoms with van der Waals surface area (Å²) in [5, 5.41) is 54.8. The van der Waals surface area contributed by atoms with Crippen LogP contribution in [0.1, 0.15) is 386 Å². The second-order valence-corrected chi connectivity index (χ2v) is 26.4. The number of carbonyl (C=O) groups is 1. The monoisotopic (exact) mass is 1200 g/mol. The van der Waals surface area contributed by atoms with Gasteiger partial charge < -0.3 is 40.3 Å². The molecule has 0 bridgehead atoms. The minimum Gasteiger partial charge on any atom is -0.394 e. The van der Waals surface area contributed by atoms with E-state index in [0.29, 0.717) is 6.42 Å². The van der Waals surface area contributed by atoms with Gasteiger partial charge in [-0.1, -0.05) is 365 Å². The lowest BCUT2D eigenvalue weighted by atomic mass is 9.99. The topological polar surface area (TPSA) is 149 Å². The fourth-order valence-electron chi connectivity index (χ4n) is 12.3. The number of allylic oxidation sites excluding steroid dienone is 5. The van der Waals surface area contributed by atoms with Gasteiger partial charge in [0, 0.05) is 6.42 Å². The molecule has 85 heavy (non-hydrogen) atoms. The Kier molecular flexibility index (Phi) is 62.6. The smallest absolute Gasteiger partial charge is 0.220 e. The number of rotatable bonds is 67. The summed E-state index contributed by atoms with van der Waals surface area (Å²) in [4.78, 5) is 13.1. The maximum atomic E-state index is 13.1. The molecule has 7 atom stereocenters. The van der Waals surface area contributed by atoms with Crippen LogP contribution >= 0.6 is 0 Å².